The number of ether oxygens (including phenoxy) is 1. The van der Waals surface area contributed by atoms with Gasteiger partial charge in [0, 0.05) is 6.20 Å². The first-order valence-electron chi connectivity index (χ1n) is 6.53. The van der Waals surface area contributed by atoms with Crippen molar-refractivity contribution in [1.29, 1.82) is 0 Å². The van der Waals surface area contributed by atoms with Gasteiger partial charge in [0.25, 0.3) is 0 Å². The van der Waals surface area contributed by atoms with Gasteiger partial charge in [0.1, 0.15) is 6.61 Å². The van der Waals surface area contributed by atoms with Crippen molar-refractivity contribution < 1.29 is 4.74 Å². The molecule has 0 bridgehead atoms. The van der Waals surface area contributed by atoms with Gasteiger partial charge in [-0.1, -0.05) is 30.3 Å². The molecule has 0 radical (unpaired) electrons. The molecule has 0 aliphatic heterocycles. The van der Waals surface area contributed by atoms with E-state index in [4.69, 9.17) is 17.0 Å². The SMILES string of the molecule is S=c1[nH]nc(COCc2ccccc2)n1-c1cccnc1. The van der Waals surface area contributed by atoms with Crippen molar-refractivity contribution in [3.05, 3.63) is 71.0 Å². The molecule has 0 fully saturated rings. The van der Waals surface area contributed by atoms with Crippen molar-refractivity contribution in [1.82, 2.24) is 19.7 Å². The summed E-state index contributed by atoms with van der Waals surface area (Å²) in [6, 6.07) is 13.8. The summed E-state index contributed by atoms with van der Waals surface area (Å²) in [5, 5.41) is 7.01. The number of hydrogen-bond donors (Lipinski definition) is 1. The average molecular weight is 298 g/mol. The Morgan fingerprint density at radius 2 is 1.95 bits per heavy atom. The summed E-state index contributed by atoms with van der Waals surface area (Å²) in [5.41, 5.74) is 1.99. The van der Waals surface area contributed by atoms with Gasteiger partial charge in [-0.15, -0.1) is 0 Å². The van der Waals surface area contributed by atoms with Crippen LogP contribution in [0.2, 0.25) is 0 Å². The minimum Gasteiger partial charge on any atom is -0.369 e. The molecule has 0 amide bonds. The lowest BCUT2D eigenvalue weighted by Gasteiger charge is -2.07. The molecule has 3 rings (SSSR count). The second-order valence-corrected chi connectivity index (χ2v) is 4.86. The largest absolute Gasteiger partial charge is 0.369 e. The van der Waals surface area contributed by atoms with E-state index in [1.807, 2.05) is 47.0 Å². The number of H-pyrrole nitrogens is 1. The molecule has 5 nitrogen and oxygen atoms in total. The average Bonchev–Trinajstić information content (AvgIpc) is 2.90. The Balaban J connectivity index is 1.74. The Morgan fingerprint density at radius 3 is 2.71 bits per heavy atom. The second kappa shape index (κ2) is 6.43. The number of nitrogens with zero attached hydrogens (tertiary/aromatic N) is 3. The number of benzene rings is 1. The van der Waals surface area contributed by atoms with Crippen LogP contribution < -0.4 is 0 Å². The Labute approximate surface area is 127 Å². The van der Waals surface area contributed by atoms with Crippen LogP contribution in [0, 0.1) is 4.77 Å². The van der Waals surface area contributed by atoms with Crippen LogP contribution >= 0.6 is 12.2 Å². The van der Waals surface area contributed by atoms with Gasteiger partial charge < -0.3 is 4.74 Å². The predicted octanol–water partition coefficient (Wildman–Crippen LogP) is 3.04. The Morgan fingerprint density at radius 1 is 1.10 bits per heavy atom. The monoisotopic (exact) mass is 298 g/mol. The van der Waals surface area contributed by atoms with E-state index in [1.54, 1.807) is 12.4 Å². The van der Waals surface area contributed by atoms with Gasteiger partial charge in [-0.25, -0.2) is 0 Å². The molecule has 0 atom stereocenters. The van der Waals surface area contributed by atoms with Crippen LogP contribution in [0.4, 0.5) is 0 Å². The molecule has 1 aromatic carbocycles. The van der Waals surface area contributed by atoms with Crippen LogP contribution in [0.1, 0.15) is 11.4 Å². The molecule has 6 heteroatoms. The first-order chi connectivity index (χ1) is 10.3. The fraction of sp³-hybridized carbons (Fsp3) is 0.133. The summed E-state index contributed by atoms with van der Waals surface area (Å²) >= 11 is 5.26. The fourth-order valence-corrected chi connectivity index (χ4v) is 2.27. The molecule has 0 unspecified atom stereocenters. The number of aromatic nitrogens is 4. The molecular formula is C15H14N4OS. The molecule has 21 heavy (non-hydrogen) atoms. The maximum Gasteiger partial charge on any atom is 0.199 e. The summed E-state index contributed by atoms with van der Waals surface area (Å²) < 4.78 is 8.07. The molecule has 0 spiro atoms. The Kier molecular flexibility index (Phi) is 4.18. The van der Waals surface area contributed by atoms with E-state index in [9.17, 15) is 0 Å². The summed E-state index contributed by atoms with van der Waals surface area (Å²) in [6.07, 6.45) is 3.46. The van der Waals surface area contributed by atoms with Crippen LogP contribution in [0.25, 0.3) is 5.69 Å². The lowest BCUT2D eigenvalue weighted by atomic mass is 10.2. The zero-order chi connectivity index (χ0) is 14.5. The highest BCUT2D eigenvalue weighted by atomic mass is 32.1. The normalized spacial score (nSPS) is 10.7. The second-order valence-electron chi connectivity index (χ2n) is 4.47. The van der Waals surface area contributed by atoms with Crippen LogP contribution in [0.5, 0.6) is 0 Å². The van der Waals surface area contributed by atoms with Gasteiger partial charge in [0.15, 0.2) is 10.6 Å². The standard InChI is InChI=1S/C15H14N4OS/c21-15-18-17-14(19(15)13-7-4-8-16-9-13)11-20-10-12-5-2-1-3-6-12/h1-9H,10-11H2,(H,18,21). The van der Waals surface area contributed by atoms with E-state index < -0.39 is 0 Å². The summed E-state index contributed by atoms with van der Waals surface area (Å²) in [6.45, 7) is 0.907. The predicted molar refractivity (Wildman–Crippen MR) is 81.5 cm³/mol. The summed E-state index contributed by atoms with van der Waals surface area (Å²) in [5.74, 6) is 0.726. The highest BCUT2D eigenvalue weighted by molar-refractivity contribution is 7.71. The van der Waals surface area contributed by atoms with Gasteiger partial charge in [-0.05, 0) is 29.9 Å². The van der Waals surface area contributed by atoms with Crippen molar-refractivity contribution in [3.63, 3.8) is 0 Å². The van der Waals surface area contributed by atoms with Crippen molar-refractivity contribution in [3.8, 4) is 5.69 Å². The van der Waals surface area contributed by atoms with Gasteiger partial charge in [0.2, 0.25) is 0 Å². The third-order valence-electron chi connectivity index (χ3n) is 2.99. The lowest BCUT2D eigenvalue weighted by Crippen LogP contribution is -2.04. The van der Waals surface area contributed by atoms with Crippen LogP contribution in [-0.4, -0.2) is 19.7 Å². The minimum absolute atomic E-state index is 0.372. The number of aromatic amines is 1. The molecule has 3 aromatic rings. The van der Waals surface area contributed by atoms with Gasteiger partial charge in [-0.3, -0.25) is 14.6 Å². The number of nitrogens with one attached hydrogen (secondary N) is 1. The Bertz CT molecular complexity index is 752. The van der Waals surface area contributed by atoms with E-state index in [0.717, 1.165) is 17.1 Å². The molecule has 1 N–H and O–H groups in total. The fourth-order valence-electron chi connectivity index (χ4n) is 2.01. The summed E-state index contributed by atoms with van der Waals surface area (Å²) in [4.78, 5) is 4.10. The first kappa shape index (κ1) is 13.7. The zero-order valence-corrected chi connectivity index (χ0v) is 12.1. The maximum atomic E-state index is 5.71. The van der Waals surface area contributed by atoms with Crippen LogP contribution in [0.15, 0.2) is 54.9 Å². The smallest absolute Gasteiger partial charge is 0.199 e. The van der Waals surface area contributed by atoms with Crippen molar-refractivity contribution >= 4 is 12.2 Å². The van der Waals surface area contributed by atoms with E-state index in [2.05, 4.69) is 15.2 Å². The molecule has 0 aliphatic rings. The van der Waals surface area contributed by atoms with E-state index in [1.165, 1.54) is 0 Å². The topological polar surface area (TPSA) is 55.7 Å². The van der Waals surface area contributed by atoms with E-state index in [-0.39, 0.29) is 0 Å². The molecular weight excluding hydrogens is 284 g/mol. The molecule has 0 aliphatic carbocycles. The van der Waals surface area contributed by atoms with E-state index in [0.29, 0.717) is 18.0 Å². The quantitative estimate of drug-likeness (QED) is 0.736. The van der Waals surface area contributed by atoms with Crippen molar-refractivity contribution in [2.75, 3.05) is 0 Å². The van der Waals surface area contributed by atoms with Crippen LogP contribution in [-0.2, 0) is 18.0 Å². The molecule has 0 saturated heterocycles. The molecule has 0 saturated carbocycles. The van der Waals surface area contributed by atoms with E-state index >= 15 is 0 Å². The zero-order valence-electron chi connectivity index (χ0n) is 11.3. The molecule has 106 valence electrons. The third-order valence-corrected chi connectivity index (χ3v) is 3.26. The first-order valence-corrected chi connectivity index (χ1v) is 6.94. The molecule has 2 aromatic heterocycles. The number of pyridine rings is 1. The Hall–Kier alpha value is -2.31. The van der Waals surface area contributed by atoms with Crippen molar-refractivity contribution in [2.24, 2.45) is 0 Å². The molecule has 2 heterocycles. The number of hydrogen-bond acceptors (Lipinski definition) is 4. The maximum absolute atomic E-state index is 5.71. The van der Waals surface area contributed by atoms with Crippen molar-refractivity contribution in [2.45, 2.75) is 13.2 Å². The minimum atomic E-state index is 0.372. The highest BCUT2D eigenvalue weighted by Gasteiger charge is 2.08. The number of rotatable bonds is 5. The van der Waals surface area contributed by atoms with Gasteiger partial charge in [0.05, 0.1) is 18.5 Å². The van der Waals surface area contributed by atoms with Gasteiger partial charge >= 0.3 is 0 Å². The lowest BCUT2D eigenvalue weighted by molar-refractivity contribution is 0.100. The van der Waals surface area contributed by atoms with Gasteiger partial charge in [-0.2, -0.15) is 5.10 Å². The van der Waals surface area contributed by atoms with Crippen LogP contribution in [0.3, 0.4) is 0 Å². The highest BCUT2D eigenvalue weighted by Crippen LogP contribution is 2.11. The summed E-state index contributed by atoms with van der Waals surface area (Å²) in [7, 11) is 0. The third kappa shape index (κ3) is 3.24.